The van der Waals surface area contributed by atoms with Crippen LogP contribution in [0.2, 0.25) is 0 Å². The second-order valence-electron chi connectivity index (χ2n) is 4.64. The molecule has 1 aromatic rings. The fraction of sp³-hybridized carbons (Fsp3) is 0.500. The zero-order chi connectivity index (χ0) is 10.8. The minimum absolute atomic E-state index is 0.0893. The van der Waals surface area contributed by atoms with Gasteiger partial charge in [-0.3, -0.25) is 0 Å². The lowest BCUT2D eigenvalue weighted by Crippen LogP contribution is -2.15. The molecule has 1 unspecified atom stereocenters. The summed E-state index contributed by atoms with van der Waals surface area (Å²) in [6, 6.07) is 7.36. The Kier molecular flexibility index (Phi) is 3.27. The van der Waals surface area contributed by atoms with Crippen LogP contribution in [0.25, 0.3) is 0 Å². The lowest BCUT2D eigenvalue weighted by molar-refractivity contribution is 0.436. The average Bonchev–Trinajstić information content (AvgIpc) is 2.15. The quantitative estimate of drug-likeness (QED) is 0.771. The molecule has 78 valence electrons. The summed E-state index contributed by atoms with van der Waals surface area (Å²) < 4.78 is 12.4. The topological polar surface area (TPSA) is 26.0 Å². The molecule has 0 aliphatic carbocycles. The molecule has 0 heterocycles. The van der Waals surface area contributed by atoms with E-state index in [9.17, 15) is 4.39 Å². The minimum Gasteiger partial charge on any atom is -0.322 e. The Labute approximate surface area is 85.1 Å². The largest absolute Gasteiger partial charge is 0.322 e. The molecule has 0 bridgehead atoms. The summed E-state index contributed by atoms with van der Waals surface area (Å²) in [6.07, 6.45) is 0. The van der Waals surface area contributed by atoms with E-state index in [0.717, 1.165) is 5.56 Å². The van der Waals surface area contributed by atoms with Gasteiger partial charge >= 0.3 is 0 Å². The van der Waals surface area contributed by atoms with Crippen molar-refractivity contribution >= 4 is 0 Å². The van der Waals surface area contributed by atoms with Crippen LogP contribution in [0.15, 0.2) is 24.3 Å². The summed E-state index contributed by atoms with van der Waals surface area (Å²) in [5.41, 5.74) is 7.79. The molecule has 0 aliphatic rings. The molecule has 1 rings (SSSR count). The van der Waals surface area contributed by atoms with Crippen molar-refractivity contribution in [2.75, 3.05) is 6.67 Å². The molecule has 0 fully saturated rings. The van der Waals surface area contributed by atoms with Gasteiger partial charge in [0.15, 0.2) is 0 Å². The SMILES string of the molecule is CC(C)(C)c1cccc(C(N)CF)c1. The maximum absolute atomic E-state index is 12.4. The van der Waals surface area contributed by atoms with Gasteiger partial charge in [-0.15, -0.1) is 0 Å². The van der Waals surface area contributed by atoms with Crippen molar-refractivity contribution in [1.29, 1.82) is 0 Å². The Bertz CT molecular complexity index is 301. The zero-order valence-corrected chi connectivity index (χ0v) is 9.05. The molecule has 1 aromatic carbocycles. The summed E-state index contributed by atoms with van der Waals surface area (Å²) in [7, 11) is 0. The minimum atomic E-state index is -0.506. The first-order valence-electron chi connectivity index (χ1n) is 4.87. The van der Waals surface area contributed by atoms with Crippen LogP contribution in [0, 0.1) is 0 Å². The molecular weight excluding hydrogens is 177 g/mol. The molecule has 0 saturated heterocycles. The van der Waals surface area contributed by atoms with E-state index in [4.69, 9.17) is 5.73 Å². The van der Waals surface area contributed by atoms with Gasteiger partial charge in [-0.1, -0.05) is 45.0 Å². The van der Waals surface area contributed by atoms with Crippen molar-refractivity contribution in [2.24, 2.45) is 5.73 Å². The predicted molar refractivity (Wildman–Crippen MR) is 58.0 cm³/mol. The molecule has 0 aliphatic heterocycles. The fourth-order valence-corrected chi connectivity index (χ4v) is 1.32. The maximum atomic E-state index is 12.4. The third kappa shape index (κ3) is 2.55. The van der Waals surface area contributed by atoms with Gasteiger partial charge in [-0.25, -0.2) is 4.39 Å². The predicted octanol–water partition coefficient (Wildman–Crippen LogP) is 2.95. The molecule has 2 heteroatoms. The molecule has 1 atom stereocenters. The third-order valence-electron chi connectivity index (χ3n) is 2.35. The summed E-state index contributed by atoms with van der Waals surface area (Å²) in [5.74, 6) is 0. The molecule has 2 N–H and O–H groups in total. The summed E-state index contributed by atoms with van der Waals surface area (Å²) in [5, 5.41) is 0. The number of hydrogen-bond donors (Lipinski definition) is 1. The highest BCUT2D eigenvalue weighted by Crippen LogP contribution is 2.24. The van der Waals surface area contributed by atoms with E-state index in [1.807, 2.05) is 18.2 Å². The summed E-state index contributed by atoms with van der Waals surface area (Å²) in [4.78, 5) is 0. The van der Waals surface area contributed by atoms with Gasteiger partial charge in [0.1, 0.15) is 6.67 Å². The molecule has 14 heavy (non-hydrogen) atoms. The second-order valence-corrected chi connectivity index (χ2v) is 4.64. The van der Waals surface area contributed by atoms with Crippen molar-refractivity contribution in [1.82, 2.24) is 0 Å². The van der Waals surface area contributed by atoms with E-state index in [-0.39, 0.29) is 5.41 Å². The van der Waals surface area contributed by atoms with Crippen molar-refractivity contribution < 1.29 is 4.39 Å². The number of hydrogen-bond acceptors (Lipinski definition) is 1. The van der Waals surface area contributed by atoms with Crippen LogP contribution >= 0.6 is 0 Å². The Morgan fingerprint density at radius 2 is 2.00 bits per heavy atom. The first kappa shape index (κ1) is 11.2. The van der Waals surface area contributed by atoms with Crippen LogP contribution in [-0.2, 0) is 5.41 Å². The highest BCUT2D eigenvalue weighted by molar-refractivity contribution is 5.30. The zero-order valence-electron chi connectivity index (χ0n) is 9.05. The third-order valence-corrected chi connectivity index (χ3v) is 2.35. The van der Waals surface area contributed by atoms with Crippen LogP contribution in [-0.4, -0.2) is 6.67 Å². The molecule has 0 radical (unpaired) electrons. The standard InChI is InChI=1S/C12H18FN/c1-12(2,3)10-6-4-5-9(7-10)11(14)8-13/h4-7,11H,8,14H2,1-3H3. The van der Waals surface area contributed by atoms with Crippen LogP contribution < -0.4 is 5.73 Å². The lowest BCUT2D eigenvalue weighted by Gasteiger charge is -2.20. The summed E-state index contributed by atoms with van der Waals surface area (Å²) in [6.45, 7) is 5.89. The van der Waals surface area contributed by atoms with E-state index in [1.165, 1.54) is 5.56 Å². The molecule has 1 nitrogen and oxygen atoms in total. The molecule has 0 saturated carbocycles. The fourth-order valence-electron chi connectivity index (χ4n) is 1.32. The molecule has 0 amide bonds. The van der Waals surface area contributed by atoms with E-state index in [0.29, 0.717) is 0 Å². The van der Waals surface area contributed by atoms with Gasteiger partial charge in [-0.2, -0.15) is 0 Å². The van der Waals surface area contributed by atoms with Gasteiger partial charge in [0, 0.05) is 0 Å². The lowest BCUT2D eigenvalue weighted by atomic mass is 9.85. The van der Waals surface area contributed by atoms with Crippen molar-refractivity contribution in [3.05, 3.63) is 35.4 Å². The smallest absolute Gasteiger partial charge is 0.109 e. The number of benzene rings is 1. The van der Waals surface area contributed by atoms with Gasteiger partial charge in [0.05, 0.1) is 6.04 Å². The monoisotopic (exact) mass is 195 g/mol. The van der Waals surface area contributed by atoms with Crippen LogP contribution in [0.1, 0.15) is 37.9 Å². The highest BCUT2D eigenvalue weighted by atomic mass is 19.1. The van der Waals surface area contributed by atoms with Crippen molar-refractivity contribution in [2.45, 2.75) is 32.2 Å². The first-order chi connectivity index (χ1) is 6.45. The van der Waals surface area contributed by atoms with Gasteiger partial charge in [0.25, 0.3) is 0 Å². The number of halogens is 1. The first-order valence-corrected chi connectivity index (χ1v) is 4.87. The van der Waals surface area contributed by atoms with E-state index in [1.54, 1.807) is 0 Å². The van der Waals surface area contributed by atoms with Crippen molar-refractivity contribution in [3.8, 4) is 0 Å². The Balaban J connectivity index is 3.01. The average molecular weight is 195 g/mol. The Morgan fingerprint density at radius 3 is 2.50 bits per heavy atom. The van der Waals surface area contributed by atoms with E-state index in [2.05, 4.69) is 26.8 Å². The maximum Gasteiger partial charge on any atom is 0.109 e. The second kappa shape index (κ2) is 4.09. The number of alkyl halides is 1. The summed E-state index contributed by atoms with van der Waals surface area (Å²) >= 11 is 0. The number of rotatable bonds is 2. The van der Waals surface area contributed by atoms with Gasteiger partial charge in [-0.05, 0) is 16.5 Å². The van der Waals surface area contributed by atoms with Crippen molar-refractivity contribution in [3.63, 3.8) is 0 Å². The van der Waals surface area contributed by atoms with Gasteiger partial charge < -0.3 is 5.73 Å². The molecule has 0 spiro atoms. The Hall–Kier alpha value is -0.890. The Morgan fingerprint density at radius 1 is 1.36 bits per heavy atom. The van der Waals surface area contributed by atoms with Crippen LogP contribution in [0.4, 0.5) is 4.39 Å². The molecule has 0 aromatic heterocycles. The van der Waals surface area contributed by atoms with E-state index >= 15 is 0 Å². The van der Waals surface area contributed by atoms with Crippen LogP contribution in [0.5, 0.6) is 0 Å². The normalized spacial score (nSPS) is 14.1. The van der Waals surface area contributed by atoms with E-state index < -0.39 is 12.7 Å². The molecular formula is C12H18FN. The van der Waals surface area contributed by atoms with Crippen LogP contribution in [0.3, 0.4) is 0 Å². The highest BCUT2D eigenvalue weighted by Gasteiger charge is 2.15. The van der Waals surface area contributed by atoms with Gasteiger partial charge in [0.2, 0.25) is 0 Å². The number of nitrogens with two attached hydrogens (primary N) is 1.